The molecular weight excluding hydrogens is 389 g/mol. The van der Waals surface area contributed by atoms with Gasteiger partial charge in [0, 0.05) is 29.8 Å². The summed E-state index contributed by atoms with van der Waals surface area (Å²) >= 11 is 15.1. The van der Waals surface area contributed by atoms with Crippen LogP contribution in [-0.2, 0) is 23.6 Å². The van der Waals surface area contributed by atoms with E-state index in [1.54, 1.807) is 24.1 Å². The van der Waals surface area contributed by atoms with Gasteiger partial charge in [0.1, 0.15) is 4.90 Å². The summed E-state index contributed by atoms with van der Waals surface area (Å²) in [6.45, 7) is 0.110. The van der Waals surface area contributed by atoms with Crippen molar-refractivity contribution in [2.24, 2.45) is 7.05 Å². The molecule has 1 aromatic heterocycles. The van der Waals surface area contributed by atoms with Gasteiger partial charge >= 0.3 is 0 Å². The highest BCUT2D eigenvalue weighted by Crippen LogP contribution is 2.32. The topological polar surface area (TPSA) is 64.0 Å². The fourth-order valence-corrected chi connectivity index (χ4v) is 4.55. The number of hydrogen-bond donors (Lipinski definition) is 1. The average molecular weight is 399 g/mol. The van der Waals surface area contributed by atoms with Crippen LogP contribution in [0.3, 0.4) is 0 Å². The zero-order chi connectivity index (χ0) is 14.9. The first-order valence-electron chi connectivity index (χ1n) is 5.41. The molecule has 0 spiro atoms. The van der Waals surface area contributed by atoms with Gasteiger partial charge in [0.25, 0.3) is 0 Å². The molecule has 20 heavy (non-hydrogen) atoms. The van der Waals surface area contributed by atoms with E-state index in [9.17, 15) is 8.42 Å². The maximum Gasteiger partial charge on any atom is 0.243 e. The summed E-state index contributed by atoms with van der Waals surface area (Å²) in [5, 5.41) is 4.08. The van der Waals surface area contributed by atoms with E-state index in [2.05, 4.69) is 25.8 Å². The van der Waals surface area contributed by atoms with E-state index in [0.717, 1.165) is 5.56 Å². The number of aromatic nitrogens is 2. The molecular formula is C11H10BrCl2N3O2S. The van der Waals surface area contributed by atoms with Crippen LogP contribution in [0.5, 0.6) is 0 Å². The molecule has 9 heteroatoms. The number of halogens is 3. The Hall–Kier alpha value is -0.600. The molecule has 0 saturated heterocycles. The van der Waals surface area contributed by atoms with Gasteiger partial charge in [0.15, 0.2) is 0 Å². The Bertz CT molecular complexity index is 723. The molecule has 0 fully saturated rings. The van der Waals surface area contributed by atoms with Crippen molar-refractivity contribution in [1.29, 1.82) is 0 Å². The summed E-state index contributed by atoms with van der Waals surface area (Å²) in [7, 11) is -2.05. The van der Waals surface area contributed by atoms with Gasteiger partial charge in [0.2, 0.25) is 10.0 Å². The van der Waals surface area contributed by atoms with Crippen molar-refractivity contribution in [3.8, 4) is 0 Å². The maximum absolute atomic E-state index is 12.2. The number of rotatable bonds is 4. The van der Waals surface area contributed by atoms with E-state index >= 15 is 0 Å². The Kier molecular flexibility index (Phi) is 4.76. The fraction of sp³-hybridized carbons (Fsp3) is 0.182. The molecule has 2 aromatic rings. The van der Waals surface area contributed by atoms with E-state index in [-0.39, 0.29) is 21.5 Å². The van der Waals surface area contributed by atoms with Crippen LogP contribution in [0, 0.1) is 0 Å². The van der Waals surface area contributed by atoms with Crippen molar-refractivity contribution in [1.82, 2.24) is 14.5 Å². The predicted octanol–water partition coefficient (Wildman–Crippen LogP) is 2.97. The molecule has 0 amide bonds. The molecule has 0 aliphatic heterocycles. The first-order chi connectivity index (χ1) is 9.29. The number of nitrogens with zero attached hydrogens (tertiary/aromatic N) is 2. The second-order valence-corrected chi connectivity index (χ2v) is 7.48. The van der Waals surface area contributed by atoms with Crippen LogP contribution in [0.4, 0.5) is 0 Å². The second-order valence-electron chi connectivity index (χ2n) is 4.05. The van der Waals surface area contributed by atoms with E-state index in [1.807, 2.05) is 0 Å². The average Bonchev–Trinajstić information content (AvgIpc) is 2.71. The lowest BCUT2D eigenvalue weighted by atomic mass is 10.4. The minimum absolute atomic E-state index is 0.0584. The molecule has 5 nitrogen and oxygen atoms in total. The summed E-state index contributed by atoms with van der Waals surface area (Å²) in [4.78, 5) is -0.132. The maximum atomic E-state index is 12.2. The molecule has 2 rings (SSSR count). The molecule has 0 atom stereocenters. The first kappa shape index (κ1) is 15.8. The molecule has 0 saturated carbocycles. The molecule has 1 N–H and O–H groups in total. The van der Waals surface area contributed by atoms with Crippen LogP contribution in [0.2, 0.25) is 10.0 Å². The monoisotopic (exact) mass is 397 g/mol. The van der Waals surface area contributed by atoms with Gasteiger partial charge in [0.05, 0.1) is 16.2 Å². The molecule has 1 aromatic carbocycles. The van der Waals surface area contributed by atoms with Gasteiger partial charge < -0.3 is 0 Å². The predicted molar refractivity (Wildman–Crippen MR) is 81.4 cm³/mol. The van der Waals surface area contributed by atoms with E-state index < -0.39 is 10.0 Å². The standard InChI is InChI=1S/C11H10BrCl2N3O2S/c1-17-6-7(4-15-17)5-16-20(18,19)11-9(13)2-8(12)3-10(11)14/h2-4,6,16H,5H2,1H3. The third-order valence-electron chi connectivity index (χ3n) is 2.46. The summed E-state index contributed by atoms with van der Waals surface area (Å²) in [6.07, 6.45) is 3.29. The lowest BCUT2D eigenvalue weighted by Gasteiger charge is -2.10. The first-order valence-corrected chi connectivity index (χ1v) is 8.44. The Morgan fingerprint density at radius 1 is 1.35 bits per heavy atom. The summed E-state index contributed by atoms with van der Waals surface area (Å²) < 4.78 is 29.1. The van der Waals surface area contributed by atoms with Gasteiger partial charge in [-0.15, -0.1) is 0 Å². The van der Waals surface area contributed by atoms with Crippen LogP contribution in [0.25, 0.3) is 0 Å². The van der Waals surface area contributed by atoms with E-state index in [0.29, 0.717) is 4.47 Å². The van der Waals surface area contributed by atoms with Gasteiger partial charge in [-0.3, -0.25) is 4.68 Å². The Labute approximate surface area is 135 Å². The third-order valence-corrected chi connectivity index (χ3v) is 5.24. The number of aryl methyl sites for hydroxylation is 1. The quantitative estimate of drug-likeness (QED) is 0.860. The van der Waals surface area contributed by atoms with Crippen LogP contribution in [-0.4, -0.2) is 18.2 Å². The second kappa shape index (κ2) is 6.03. The van der Waals surface area contributed by atoms with Gasteiger partial charge in [-0.2, -0.15) is 5.10 Å². The largest absolute Gasteiger partial charge is 0.275 e. The minimum atomic E-state index is -3.80. The normalized spacial score (nSPS) is 11.8. The van der Waals surface area contributed by atoms with Gasteiger partial charge in [-0.25, -0.2) is 13.1 Å². The van der Waals surface area contributed by atoms with Crippen LogP contribution in [0.15, 0.2) is 33.9 Å². The van der Waals surface area contributed by atoms with Gasteiger partial charge in [-0.05, 0) is 12.1 Å². The highest BCUT2D eigenvalue weighted by molar-refractivity contribution is 9.10. The highest BCUT2D eigenvalue weighted by Gasteiger charge is 2.22. The number of hydrogen-bond acceptors (Lipinski definition) is 3. The van der Waals surface area contributed by atoms with Crippen molar-refractivity contribution in [3.63, 3.8) is 0 Å². The lowest BCUT2D eigenvalue weighted by Crippen LogP contribution is -2.23. The molecule has 0 aliphatic rings. The van der Waals surface area contributed by atoms with E-state index in [1.165, 1.54) is 12.1 Å². The zero-order valence-corrected chi connectivity index (χ0v) is 14.2. The summed E-state index contributed by atoms with van der Waals surface area (Å²) in [5.41, 5.74) is 0.737. The Balaban J connectivity index is 2.27. The number of nitrogens with one attached hydrogen (secondary N) is 1. The zero-order valence-electron chi connectivity index (χ0n) is 10.3. The van der Waals surface area contributed by atoms with Crippen LogP contribution in [0.1, 0.15) is 5.56 Å². The number of benzene rings is 1. The van der Waals surface area contributed by atoms with Crippen LogP contribution >= 0.6 is 39.1 Å². The lowest BCUT2D eigenvalue weighted by molar-refractivity contribution is 0.581. The molecule has 0 unspecified atom stereocenters. The Morgan fingerprint density at radius 2 is 1.95 bits per heavy atom. The van der Waals surface area contributed by atoms with E-state index in [4.69, 9.17) is 23.2 Å². The van der Waals surface area contributed by atoms with Crippen molar-refractivity contribution >= 4 is 49.2 Å². The SMILES string of the molecule is Cn1cc(CNS(=O)(=O)c2c(Cl)cc(Br)cc2Cl)cn1. The smallest absolute Gasteiger partial charge is 0.243 e. The fourth-order valence-electron chi connectivity index (χ4n) is 1.60. The van der Waals surface area contributed by atoms with Crippen molar-refractivity contribution in [2.45, 2.75) is 11.4 Å². The number of sulfonamides is 1. The summed E-state index contributed by atoms with van der Waals surface area (Å²) in [5.74, 6) is 0. The minimum Gasteiger partial charge on any atom is -0.275 e. The van der Waals surface area contributed by atoms with Crippen LogP contribution < -0.4 is 4.72 Å². The third kappa shape index (κ3) is 3.53. The van der Waals surface area contributed by atoms with Crippen molar-refractivity contribution < 1.29 is 8.42 Å². The molecule has 108 valence electrons. The molecule has 0 radical (unpaired) electrons. The van der Waals surface area contributed by atoms with Crippen molar-refractivity contribution in [3.05, 3.63) is 44.6 Å². The molecule has 0 aliphatic carbocycles. The molecule has 0 bridgehead atoms. The summed E-state index contributed by atoms with van der Waals surface area (Å²) in [6, 6.07) is 2.96. The van der Waals surface area contributed by atoms with Gasteiger partial charge in [-0.1, -0.05) is 39.1 Å². The van der Waals surface area contributed by atoms with Crippen molar-refractivity contribution in [2.75, 3.05) is 0 Å². The Morgan fingerprint density at radius 3 is 2.45 bits per heavy atom. The highest BCUT2D eigenvalue weighted by atomic mass is 79.9. The molecule has 1 heterocycles.